The lowest BCUT2D eigenvalue weighted by Gasteiger charge is -2.36. The predicted octanol–water partition coefficient (Wildman–Crippen LogP) is 3.18. The van der Waals surface area contributed by atoms with Crippen molar-refractivity contribution in [1.82, 2.24) is 15.5 Å². The highest BCUT2D eigenvalue weighted by atomic mass is 127. The highest BCUT2D eigenvalue weighted by Crippen LogP contribution is 2.26. The average molecular weight is 514 g/mol. The zero-order chi connectivity index (χ0) is 19.9. The number of benzene rings is 1. The molecule has 1 aromatic carbocycles. The molecule has 1 saturated carbocycles. The number of hydrogen-bond donors (Lipinski definition) is 2. The molecule has 1 aliphatic heterocycles. The first-order valence-corrected chi connectivity index (χ1v) is 10.5. The van der Waals surface area contributed by atoms with E-state index in [1.54, 1.807) is 0 Å². The van der Waals surface area contributed by atoms with Crippen LogP contribution in [0.4, 0.5) is 0 Å². The Morgan fingerprint density at radius 2 is 2.00 bits per heavy atom. The lowest BCUT2D eigenvalue weighted by Crippen LogP contribution is -2.48. The van der Waals surface area contributed by atoms with E-state index in [0.29, 0.717) is 13.2 Å². The van der Waals surface area contributed by atoms with E-state index in [1.165, 1.54) is 23.1 Å². The fraction of sp³-hybridized carbons (Fsp3) is 0.636. The summed E-state index contributed by atoms with van der Waals surface area (Å²) in [6.07, 6.45) is 4.25. The fourth-order valence-corrected chi connectivity index (χ4v) is 3.86. The summed E-state index contributed by atoms with van der Waals surface area (Å²) < 4.78 is 6.05. The molecule has 2 fully saturated rings. The van der Waals surface area contributed by atoms with E-state index >= 15 is 0 Å². The molecule has 1 amide bonds. The van der Waals surface area contributed by atoms with Crippen molar-refractivity contribution in [3.63, 3.8) is 0 Å². The van der Waals surface area contributed by atoms with Crippen LogP contribution in [0.5, 0.6) is 0 Å². The highest BCUT2D eigenvalue weighted by molar-refractivity contribution is 14.0. The summed E-state index contributed by atoms with van der Waals surface area (Å²) >= 11 is 0. The third-order valence-corrected chi connectivity index (χ3v) is 5.76. The summed E-state index contributed by atoms with van der Waals surface area (Å²) in [5.41, 5.74) is 3.80. The minimum Gasteiger partial charge on any atom is -0.370 e. The molecule has 6 nitrogen and oxygen atoms in total. The maximum absolute atomic E-state index is 11.9. The number of aliphatic imine (C=N–C) groups is 1. The Morgan fingerprint density at radius 1 is 1.24 bits per heavy atom. The third-order valence-electron chi connectivity index (χ3n) is 5.76. The monoisotopic (exact) mass is 514 g/mol. The normalized spacial score (nSPS) is 19.9. The van der Waals surface area contributed by atoms with Gasteiger partial charge in [0.25, 0.3) is 0 Å². The first-order valence-electron chi connectivity index (χ1n) is 10.5. The van der Waals surface area contributed by atoms with Gasteiger partial charge >= 0.3 is 0 Å². The van der Waals surface area contributed by atoms with E-state index in [4.69, 9.17) is 4.74 Å². The molecule has 1 aliphatic carbocycles. The summed E-state index contributed by atoms with van der Waals surface area (Å²) in [7, 11) is 1.82. The Hall–Kier alpha value is -1.35. The lowest BCUT2D eigenvalue weighted by atomic mass is 9.85. The Balaban J connectivity index is 0.00000300. The van der Waals surface area contributed by atoms with Gasteiger partial charge in [0.2, 0.25) is 5.91 Å². The van der Waals surface area contributed by atoms with Gasteiger partial charge in [0.1, 0.15) is 6.10 Å². The number of ether oxygens (including phenoxy) is 1. The number of aryl methyl sites for hydroxylation is 2. The van der Waals surface area contributed by atoms with E-state index in [1.807, 2.05) is 7.05 Å². The van der Waals surface area contributed by atoms with Gasteiger partial charge in [-0.15, -0.1) is 24.0 Å². The molecule has 0 bridgehead atoms. The van der Waals surface area contributed by atoms with Crippen LogP contribution in [0.2, 0.25) is 0 Å². The van der Waals surface area contributed by atoms with Gasteiger partial charge in [0.15, 0.2) is 5.96 Å². The molecule has 0 spiro atoms. The van der Waals surface area contributed by atoms with Gasteiger partial charge in [-0.3, -0.25) is 9.79 Å². The summed E-state index contributed by atoms with van der Waals surface area (Å²) in [6, 6.07) is 6.54. The Bertz CT molecular complexity index is 706. The van der Waals surface area contributed by atoms with Crippen molar-refractivity contribution in [3.05, 3.63) is 34.9 Å². The summed E-state index contributed by atoms with van der Waals surface area (Å²) in [5, 5.41) is 6.48. The van der Waals surface area contributed by atoms with Gasteiger partial charge < -0.3 is 20.3 Å². The second kappa shape index (κ2) is 11.7. The van der Waals surface area contributed by atoms with Crippen molar-refractivity contribution in [3.8, 4) is 0 Å². The zero-order valence-corrected chi connectivity index (χ0v) is 20.2. The Kier molecular flexibility index (Phi) is 9.68. The molecule has 1 heterocycles. The molecule has 2 N–H and O–H groups in total. The van der Waals surface area contributed by atoms with Crippen molar-refractivity contribution >= 4 is 35.8 Å². The Labute approximate surface area is 191 Å². The van der Waals surface area contributed by atoms with Crippen LogP contribution < -0.4 is 10.6 Å². The van der Waals surface area contributed by atoms with Crippen LogP contribution in [-0.4, -0.2) is 56.6 Å². The van der Waals surface area contributed by atoms with E-state index < -0.39 is 0 Å². The van der Waals surface area contributed by atoms with E-state index in [0.717, 1.165) is 44.9 Å². The van der Waals surface area contributed by atoms with Gasteiger partial charge in [-0.2, -0.15) is 0 Å². The standard InChI is InChI=1S/C22H34N4O2.HI/c1-16-8-9-19(17(2)14-16)20-15-26(12-13-28-20)22(23-3)25-11-5-10-24-21(27)18-6-4-7-18;/h8-9,14,18,20H,4-7,10-13,15H2,1-3H3,(H,23,25)(H,24,27);1H. The average Bonchev–Trinajstić information content (AvgIpc) is 2.63. The zero-order valence-electron chi connectivity index (χ0n) is 17.9. The minimum atomic E-state index is 0. The smallest absolute Gasteiger partial charge is 0.223 e. The van der Waals surface area contributed by atoms with Gasteiger partial charge in [-0.1, -0.05) is 30.2 Å². The quantitative estimate of drug-likeness (QED) is 0.265. The molecule has 162 valence electrons. The molecule has 3 rings (SSSR count). The van der Waals surface area contributed by atoms with Crippen LogP contribution in [-0.2, 0) is 9.53 Å². The molecule has 0 radical (unpaired) electrons. The second-order valence-corrected chi connectivity index (χ2v) is 7.91. The number of guanidine groups is 1. The van der Waals surface area contributed by atoms with Crippen molar-refractivity contribution in [2.75, 3.05) is 39.8 Å². The van der Waals surface area contributed by atoms with Crippen molar-refractivity contribution in [2.45, 2.75) is 45.6 Å². The minimum absolute atomic E-state index is 0. The third kappa shape index (κ3) is 6.57. The number of carbonyl (C=O) groups is 1. The van der Waals surface area contributed by atoms with E-state index in [-0.39, 0.29) is 41.9 Å². The number of hydrogen-bond acceptors (Lipinski definition) is 3. The summed E-state index contributed by atoms with van der Waals surface area (Å²) in [5.74, 6) is 1.39. The highest BCUT2D eigenvalue weighted by Gasteiger charge is 2.26. The number of nitrogens with one attached hydrogen (secondary N) is 2. The summed E-state index contributed by atoms with van der Waals surface area (Å²) in [6.45, 7) is 8.09. The van der Waals surface area contributed by atoms with Crippen LogP contribution in [0.15, 0.2) is 23.2 Å². The molecular weight excluding hydrogens is 479 g/mol. The van der Waals surface area contributed by atoms with Crippen molar-refractivity contribution in [2.24, 2.45) is 10.9 Å². The van der Waals surface area contributed by atoms with E-state index in [9.17, 15) is 4.79 Å². The van der Waals surface area contributed by atoms with Crippen LogP contribution in [0.3, 0.4) is 0 Å². The lowest BCUT2D eigenvalue weighted by molar-refractivity contribution is -0.127. The largest absolute Gasteiger partial charge is 0.370 e. The summed E-state index contributed by atoms with van der Waals surface area (Å²) in [4.78, 5) is 18.6. The molecule has 2 aliphatic rings. The van der Waals surface area contributed by atoms with Crippen LogP contribution >= 0.6 is 24.0 Å². The number of nitrogens with zero attached hydrogens (tertiary/aromatic N) is 2. The van der Waals surface area contributed by atoms with Gasteiger partial charge in [-0.25, -0.2) is 0 Å². The maximum atomic E-state index is 11.9. The molecule has 1 aromatic rings. The predicted molar refractivity (Wildman–Crippen MR) is 128 cm³/mol. The SMILES string of the molecule is CN=C(NCCCNC(=O)C1CCC1)N1CCOC(c2ccc(C)cc2C)C1.I. The molecule has 29 heavy (non-hydrogen) atoms. The second-order valence-electron chi connectivity index (χ2n) is 7.91. The maximum Gasteiger partial charge on any atom is 0.223 e. The van der Waals surface area contributed by atoms with Crippen molar-refractivity contribution in [1.29, 1.82) is 0 Å². The van der Waals surface area contributed by atoms with Crippen LogP contribution in [0.25, 0.3) is 0 Å². The number of amides is 1. The molecule has 1 atom stereocenters. The molecule has 0 aromatic heterocycles. The van der Waals surface area contributed by atoms with Gasteiger partial charge in [0.05, 0.1) is 13.2 Å². The van der Waals surface area contributed by atoms with E-state index in [2.05, 4.69) is 52.6 Å². The number of halogens is 1. The molecule has 1 saturated heterocycles. The van der Waals surface area contributed by atoms with Crippen LogP contribution in [0.1, 0.15) is 48.5 Å². The van der Waals surface area contributed by atoms with Gasteiger partial charge in [0, 0.05) is 32.6 Å². The molecule has 7 heteroatoms. The fourth-order valence-electron chi connectivity index (χ4n) is 3.86. The first-order chi connectivity index (χ1) is 13.6. The van der Waals surface area contributed by atoms with Gasteiger partial charge in [-0.05, 0) is 44.2 Å². The Morgan fingerprint density at radius 3 is 2.66 bits per heavy atom. The first kappa shape index (κ1) is 23.9. The number of morpholine rings is 1. The van der Waals surface area contributed by atoms with Crippen LogP contribution in [0, 0.1) is 19.8 Å². The molecule has 1 unspecified atom stereocenters. The topological polar surface area (TPSA) is 66.0 Å². The van der Waals surface area contributed by atoms with Crippen molar-refractivity contribution < 1.29 is 9.53 Å². The molecular formula is C22H35IN4O2. The number of carbonyl (C=O) groups excluding carboxylic acids is 1. The number of rotatable bonds is 6.